The van der Waals surface area contributed by atoms with E-state index in [0.717, 1.165) is 11.1 Å². The number of carbonyl (C=O) groups is 1. The Kier molecular flexibility index (Phi) is 8.64. The summed E-state index contributed by atoms with van der Waals surface area (Å²) >= 11 is 0. The highest BCUT2D eigenvalue weighted by Crippen LogP contribution is 2.39. The molecular weight excluding hydrogens is 500 g/mol. The van der Waals surface area contributed by atoms with Crippen molar-refractivity contribution in [2.75, 3.05) is 41.7 Å². The summed E-state index contributed by atoms with van der Waals surface area (Å²) in [5.41, 5.74) is 0.760. The molecule has 11 nitrogen and oxygen atoms in total. The first-order valence-electron chi connectivity index (χ1n) is 12.2. The van der Waals surface area contributed by atoms with E-state index in [1.54, 1.807) is 45.6 Å². The SMILES string of the molecule is COc1ccc(CC2(OC)COC(=O)C2Cc2ccc(OC3OCC(O)C(O)C3O)c(OC)c2)cc1OC. The van der Waals surface area contributed by atoms with Gasteiger partial charge in [0.15, 0.2) is 23.0 Å². The van der Waals surface area contributed by atoms with Gasteiger partial charge in [-0.15, -0.1) is 0 Å². The lowest BCUT2D eigenvalue weighted by Gasteiger charge is -2.35. The van der Waals surface area contributed by atoms with E-state index in [0.29, 0.717) is 30.1 Å². The van der Waals surface area contributed by atoms with Crippen molar-refractivity contribution in [3.63, 3.8) is 0 Å². The number of rotatable bonds is 10. The van der Waals surface area contributed by atoms with Crippen LogP contribution in [0.5, 0.6) is 23.0 Å². The lowest BCUT2D eigenvalue weighted by atomic mass is 9.80. The molecule has 2 fully saturated rings. The molecule has 2 aromatic rings. The van der Waals surface area contributed by atoms with Gasteiger partial charge in [-0.3, -0.25) is 4.79 Å². The molecule has 0 saturated carbocycles. The number of aliphatic hydroxyl groups is 3. The van der Waals surface area contributed by atoms with Crippen molar-refractivity contribution in [2.24, 2.45) is 5.92 Å². The first-order valence-corrected chi connectivity index (χ1v) is 12.2. The van der Waals surface area contributed by atoms with E-state index in [1.165, 1.54) is 7.11 Å². The third kappa shape index (κ3) is 5.52. The molecule has 0 spiro atoms. The van der Waals surface area contributed by atoms with Gasteiger partial charge in [-0.05, 0) is 41.8 Å². The Morgan fingerprint density at radius 2 is 1.50 bits per heavy atom. The number of hydrogen-bond donors (Lipinski definition) is 3. The molecular formula is C27H34O11. The minimum atomic E-state index is -1.45. The lowest BCUT2D eigenvalue weighted by molar-refractivity contribution is -0.242. The molecule has 6 unspecified atom stereocenters. The summed E-state index contributed by atoms with van der Waals surface area (Å²) in [5, 5.41) is 29.8. The Morgan fingerprint density at radius 3 is 2.18 bits per heavy atom. The first kappa shape index (κ1) is 27.9. The van der Waals surface area contributed by atoms with Crippen molar-refractivity contribution in [1.29, 1.82) is 0 Å². The van der Waals surface area contributed by atoms with Gasteiger partial charge < -0.3 is 48.5 Å². The highest BCUT2D eigenvalue weighted by atomic mass is 16.7. The van der Waals surface area contributed by atoms with Gasteiger partial charge in [-0.1, -0.05) is 12.1 Å². The number of carbonyl (C=O) groups excluding carboxylic acids is 1. The zero-order valence-electron chi connectivity index (χ0n) is 21.8. The number of esters is 1. The number of benzene rings is 2. The second-order valence-corrected chi connectivity index (χ2v) is 9.35. The standard InChI is InChI=1S/C27H34O11/c1-32-19-7-6-16(11-21(19)33-2)12-27(35-4)14-37-25(31)17(27)9-15-5-8-20(22(10-15)34-3)38-26-24(30)23(29)18(28)13-36-26/h5-8,10-11,17-18,23-24,26,28-30H,9,12-14H2,1-4H3. The topological polar surface area (TPSA) is 142 Å². The molecule has 2 heterocycles. The molecule has 4 rings (SSSR count). The molecule has 38 heavy (non-hydrogen) atoms. The van der Waals surface area contributed by atoms with Gasteiger partial charge in [0.05, 0.1) is 33.9 Å². The van der Waals surface area contributed by atoms with E-state index in [1.807, 2.05) is 12.1 Å². The monoisotopic (exact) mass is 534 g/mol. The van der Waals surface area contributed by atoms with Gasteiger partial charge in [-0.2, -0.15) is 0 Å². The largest absolute Gasteiger partial charge is 0.493 e. The Labute approximate surface area is 220 Å². The predicted octanol–water partition coefficient (Wildman–Crippen LogP) is 0.874. The van der Waals surface area contributed by atoms with Crippen LogP contribution >= 0.6 is 0 Å². The van der Waals surface area contributed by atoms with E-state index in [2.05, 4.69) is 0 Å². The van der Waals surface area contributed by atoms with Crippen molar-refractivity contribution in [3.05, 3.63) is 47.5 Å². The summed E-state index contributed by atoms with van der Waals surface area (Å²) in [6.07, 6.45) is -4.54. The molecule has 0 amide bonds. The molecule has 0 bridgehead atoms. The van der Waals surface area contributed by atoms with Crippen LogP contribution in [0.15, 0.2) is 36.4 Å². The fraction of sp³-hybridized carbons (Fsp3) is 0.519. The van der Waals surface area contributed by atoms with Crippen molar-refractivity contribution < 1.29 is 53.3 Å². The first-order chi connectivity index (χ1) is 18.2. The fourth-order valence-electron chi connectivity index (χ4n) is 4.84. The summed E-state index contributed by atoms with van der Waals surface area (Å²) in [5.74, 6) is 0.821. The van der Waals surface area contributed by atoms with Gasteiger partial charge in [-0.25, -0.2) is 0 Å². The summed E-state index contributed by atoms with van der Waals surface area (Å²) in [7, 11) is 6.15. The zero-order chi connectivity index (χ0) is 27.4. The number of ether oxygens (including phenoxy) is 7. The molecule has 6 atom stereocenters. The Hall–Kier alpha value is -3.09. The van der Waals surface area contributed by atoms with Crippen LogP contribution in [0.3, 0.4) is 0 Å². The van der Waals surface area contributed by atoms with Crippen LogP contribution in [-0.4, -0.2) is 93.1 Å². The maximum Gasteiger partial charge on any atom is 0.312 e. The van der Waals surface area contributed by atoms with Crippen molar-refractivity contribution in [3.8, 4) is 23.0 Å². The van der Waals surface area contributed by atoms with Gasteiger partial charge in [0, 0.05) is 13.5 Å². The van der Waals surface area contributed by atoms with E-state index in [9.17, 15) is 20.1 Å². The van der Waals surface area contributed by atoms with E-state index in [-0.39, 0.29) is 24.9 Å². The van der Waals surface area contributed by atoms with Crippen LogP contribution in [0, 0.1) is 5.92 Å². The smallest absolute Gasteiger partial charge is 0.312 e. The van der Waals surface area contributed by atoms with Crippen molar-refractivity contribution >= 4 is 5.97 Å². The maximum atomic E-state index is 12.9. The fourth-order valence-corrected chi connectivity index (χ4v) is 4.84. The quantitative estimate of drug-likeness (QED) is 0.374. The third-order valence-corrected chi connectivity index (χ3v) is 7.10. The van der Waals surface area contributed by atoms with Crippen LogP contribution in [0.1, 0.15) is 11.1 Å². The highest BCUT2D eigenvalue weighted by molar-refractivity contribution is 5.77. The van der Waals surface area contributed by atoms with Crippen LogP contribution in [0.2, 0.25) is 0 Å². The zero-order valence-corrected chi connectivity index (χ0v) is 21.8. The van der Waals surface area contributed by atoms with Gasteiger partial charge in [0.25, 0.3) is 0 Å². The van der Waals surface area contributed by atoms with Crippen LogP contribution in [-0.2, 0) is 31.8 Å². The average Bonchev–Trinajstić information content (AvgIpc) is 3.24. The van der Waals surface area contributed by atoms with Gasteiger partial charge >= 0.3 is 5.97 Å². The molecule has 2 aliphatic rings. The molecule has 3 N–H and O–H groups in total. The Bertz CT molecular complexity index is 1120. The third-order valence-electron chi connectivity index (χ3n) is 7.10. The minimum absolute atomic E-state index is 0.102. The molecule has 0 radical (unpaired) electrons. The Morgan fingerprint density at radius 1 is 0.868 bits per heavy atom. The summed E-state index contributed by atoms with van der Waals surface area (Å²) in [6, 6.07) is 10.7. The molecule has 208 valence electrons. The number of methoxy groups -OCH3 is 4. The lowest BCUT2D eigenvalue weighted by Crippen LogP contribution is -2.54. The van der Waals surface area contributed by atoms with Gasteiger partial charge in [0.1, 0.15) is 30.5 Å². The van der Waals surface area contributed by atoms with Crippen molar-refractivity contribution in [1.82, 2.24) is 0 Å². The van der Waals surface area contributed by atoms with Crippen LogP contribution in [0.4, 0.5) is 0 Å². The molecule has 0 aliphatic carbocycles. The summed E-state index contributed by atoms with van der Waals surface area (Å²) in [4.78, 5) is 12.9. The number of hydrogen-bond acceptors (Lipinski definition) is 11. The van der Waals surface area contributed by atoms with E-state index >= 15 is 0 Å². The predicted molar refractivity (Wildman–Crippen MR) is 133 cm³/mol. The molecule has 11 heteroatoms. The van der Waals surface area contributed by atoms with E-state index < -0.39 is 36.1 Å². The number of aliphatic hydroxyl groups excluding tert-OH is 3. The van der Waals surface area contributed by atoms with Crippen LogP contribution < -0.4 is 18.9 Å². The average molecular weight is 535 g/mol. The highest BCUT2D eigenvalue weighted by Gasteiger charge is 2.51. The molecule has 0 aromatic heterocycles. The minimum Gasteiger partial charge on any atom is -0.493 e. The molecule has 2 aromatic carbocycles. The second-order valence-electron chi connectivity index (χ2n) is 9.35. The maximum absolute atomic E-state index is 12.9. The van der Waals surface area contributed by atoms with Crippen molar-refractivity contribution in [2.45, 2.75) is 43.0 Å². The summed E-state index contributed by atoms with van der Waals surface area (Å²) in [6.45, 7) is -0.0863. The summed E-state index contributed by atoms with van der Waals surface area (Å²) < 4.78 is 38.7. The second kappa shape index (κ2) is 11.7. The van der Waals surface area contributed by atoms with E-state index in [4.69, 9.17) is 33.2 Å². The Balaban J connectivity index is 1.53. The van der Waals surface area contributed by atoms with Gasteiger partial charge in [0.2, 0.25) is 6.29 Å². The van der Waals surface area contributed by atoms with Crippen LogP contribution in [0.25, 0.3) is 0 Å². The molecule has 2 saturated heterocycles. The normalized spacial score (nSPS) is 29.0. The molecule has 2 aliphatic heterocycles. The number of cyclic esters (lactones) is 1.